The highest BCUT2D eigenvalue weighted by molar-refractivity contribution is 5.95. The number of fused-ring (bicyclic) bond motifs is 1. The molecule has 0 saturated heterocycles. The fourth-order valence-electron chi connectivity index (χ4n) is 2.03. The zero-order valence-corrected chi connectivity index (χ0v) is 10.3. The summed E-state index contributed by atoms with van der Waals surface area (Å²) in [6, 6.07) is 5.00. The number of ketones is 1. The highest BCUT2D eigenvalue weighted by atomic mass is 16.5. The summed E-state index contributed by atoms with van der Waals surface area (Å²) in [6.07, 6.45) is 0.0141. The first-order valence-corrected chi connectivity index (χ1v) is 5.71. The van der Waals surface area contributed by atoms with Gasteiger partial charge in [0.1, 0.15) is 12.4 Å². The van der Waals surface area contributed by atoms with E-state index in [9.17, 15) is 9.59 Å². The van der Waals surface area contributed by atoms with Gasteiger partial charge in [-0.25, -0.2) is 0 Å². The second kappa shape index (κ2) is 4.68. The molecule has 1 atom stereocenters. The predicted octanol–water partition coefficient (Wildman–Crippen LogP) is 1.56. The van der Waals surface area contributed by atoms with Crippen LogP contribution < -0.4 is 9.64 Å². The molecule has 0 radical (unpaired) electrons. The number of rotatable bonds is 3. The van der Waals surface area contributed by atoms with Gasteiger partial charge in [-0.05, 0) is 25.1 Å². The summed E-state index contributed by atoms with van der Waals surface area (Å²) in [7, 11) is 1.82. The van der Waals surface area contributed by atoms with E-state index < -0.39 is 5.97 Å². The number of carbonyl (C=O) groups is 2. The Morgan fingerprint density at radius 1 is 1.50 bits per heavy atom. The van der Waals surface area contributed by atoms with Gasteiger partial charge in [0.2, 0.25) is 0 Å². The molecule has 2 rings (SSSR count). The largest absolute Gasteiger partial charge is 0.489 e. The molecule has 5 heteroatoms. The minimum absolute atomic E-state index is 0.0141. The second-order valence-corrected chi connectivity index (χ2v) is 4.41. The smallest absolute Gasteiger partial charge is 0.305 e. The summed E-state index contributed by atoms with van der Waals surface area (Å²) in [6.45, 7) is 1.84. The summed E-state index contributed by atoms with van der Waals surface area (Å²) in [4.78, 5) is 24.0. The standard InChI is InChI=1S/C13H15NO4/c1-8(15)9-3-4-12-11(5-9)14(2)10(7-18-12)6-13(16)17/h3-5,10H,6-7H2,1-2H3,(H,16,17). The van der Waals surface area contributed by atoms with E-state index in [0.717, 1.165) is 5.69 Å². The van der Waals surface area contributed by atoms with Gasteiger partial charge >= 0.3 is 5.97 Å². The average Bonchev–Trinajstić information content (AvgIpc) is 2.32. The molecule has 0 fully saturated rings. The Morgan fingerprint density at radius 2 is 2.22 bits per heavy atom. The quantitative estimate of drug-likeness (QED) is 0.823. The molecule has 0 amide bonds. The van der Waals surface area contributed by atoms with Crippen LogP contribution >= 0.6 is 0 Å². The number of carboxylic acids is 1. The number of hydrogen-bond donors (Lipinski definition) is 1. The van der Waals surface area contributed by atoms with E-state index in [4.69, 9.17) is 9.84 Å². The number of ether oxygens (including phenoxy) is 1. The van der Waals surface area contributed by atoms with Crippen molar-refractivity contribution in [2.24, 2.45) is 0 Å². The number of nitrogens with zero attached hydrogens (tertiary/aromatic N) is 1. The van der Waals surface area contributed by atoms with Crippen molar-refractivity contribution in [2.75, 3.05) is 18.6 Å². The van der Waals surface area contributed by atoms with Gasteiger partial charge in [-0.1, -0.05) is 0 Å². The normalized spacial score (nSPS) is 17.9. The Kier molecular flexibility index (Phi) is 3.23. The molecular formula is C13H15NO4. The summed E-state index contributed by atoms with van der Waals surface area (Å²) in [5, 5.41) is 8.84. The van der Waals surface area contributed by atoms with Gasteiger partial charge in [-0.15, -0.1) is 0 Å². The average molecular weight is 249 g/mol. The molecule has 0 spiro atoms. The molecule has 0 aromatic heterocycles. The fourth-order valence-corrected chi connectivity index (χ4v) is 2.03. The predicted molar refractivity (Wildman–Crippen MR) is 66.4 cm³/mol. The maximum Gasteiger partial charge on any atom is 0.305 e. The van der Waals surface area contributed by atoms with Gasteiger partial charge in [0.15, 0.2) is 5.78 Å². The lowest BCUT2D eigenvalue weighted by atomic mass is 10.1. The third-order valence-corrected chi connectivity index (χ3v) is 3.13. The zero-order chi connectivity index (χ0) is 13.3. The van der Waals surface area contributed by atoms with Crippen LogP contribution in [0.3, 0.4) is 0 Å². The van der Waals surface area contributed by atoms with E-state index in [1.54, 1.807) is 18.2 Å². The molecule has 0 saturated carbocycles. The molecule has 1 N–H and O–H groups in total. The monoisotopic (exact) mass is 249 g/mol. The lowest BCUT2D eigenvalue weighted by Crippen LogP contribution is -2.41. The number of carboxylic acid groups (broad SMARTS) is 1. The lowest BCUT2D eigenvalue weighted by molar-refractivity contribution is -0.137. The molecule has 1 aliphatic rings. The minimum atomic E-state index is -0.860. The maximum atomic E-state index is 11.3. The summed E-state index contributed by atoms with van der Waals surface area (Å²) >= 11 is 0. The number of Topliss-reactive ketones (excluding diaryl/α,β-unsaturated/α-hetero) is 1. The molecule has 5 nitrogen and oxygen atoms in total. The minimum Gasteiger partial charge on any atom is -0.489 e. The molecule has 96 valence electrons. The van der Waals surface area contributed by atoms with Gasteiger partial charge in [0.05, 0.1) is 18.2 Å². The molecule has 1 aromatic carbocycles. The molecule has 1 aromatic rings. The molecule has 18 heavy (non-hydrogen) atoms. The van der Waals surface area contributed by atoms with Crippen LogP contribution in [0.25, 0.3) is 0 Å². The Morgan fingerprint density at radius 3 is 2.83 bits per heavy atom. The molecular weight excluding hydrogens is 234 g/mol. The number of benzene rings is 1. The lowest BCUT2D eigenvalue weighted by Gasteiger charge is -2.35. The van der Waals surface area contributed by atoms with Gasteiger partial charge in [-0.2, -0.15) is 0 Å². The van der Waals surface area contributed by atoms with Crippen LogP contribution in [0.15, 0.2) is 18.2 Å². The number of likely N-dealkylation sites (N-methyl/N-ethyl adjacent to an activating group) is 1. The number of aliphatic carboxylic acids is 1. The third kappa shape index (κ3) is 2.30. The highest BCUT2D eigenvalue weighted by Gasteiger charge is 2.27. The van der Waals surface area contributed by atoms with E-state index in [1.807, 2.05) is 11.9 Å². The van der Waals surface area contributed by atoms with E-state index in [-0.39, 0.29) is 18.2 Å². The number of hydrogen-bond acceptors (Lipinski definition) is 4. The summed E-state index contributed by atoms with van der Waals surface area (Å²) in [5.74, 6) is -0.197. The molecule has 1 heterocycles. The second-order valence-electron chi connectivity index (χ2n) is 4.41. The number of carbonyl (C=O) groups excluding carboxylic acids is 1. The van der Waals surface area contributed by atoms with Crippen molar-refractivity contribution < 1.29 is 19.4 Å². The topological polar surface area (TPSA) is 66.8 Å². The Hall–Kier alpha value is -2.04. The Bertz CT molecular complexity index is 498. The first-order valence-electron chi connectivity index (χ1n) is 5.71. The maximum absolute atomic E-state index is 11.3. The highest BCUT2D eigenvalue weighted by Crippen LogP contribution is 2.34. The van der Waals surface area contributed by atoms with Crippen LogP contribution in [-0.4, -0.2) is 36.6 Å². The molecule has 1 aliphatic heterocycles. The molecule has 0 bridgehead atoms. The summed E-state index contributed by atoms with van der Waals surface area (Å²) < 4.78 is 5.53. The fraction of sp³-hybridized carbons (Fsp3) is 0.385. The van der Waals surface area contributed by atoms with Crippen LogP contribution in [0.2, 0.25) is 0 Å². The van der Waals surface area contributed by atoms with Gasteiger partial charge in [0, 0.05) is 12.6 Å². The van der Waals surface area contributed by atoms with Crippen molar-refractivity contribution in [3.8, 4) is 5.75 Å². The van der Waals surface area contributed by atoms with Gasteiger partial charge in [0.25, 0.3) is 0 Å². The van der Waals surface area contributed by atoms with Gasteiger partial charge in [-0.3, -0.25) is 9.59 Å². The third-order valence-electron chi connectivity index (χ3n) is 3.13. The Labute approximate surface area is 105 Å². The SMILES string of the molecule is CC(=O)c1ccc2c(c1)N(C)C(CC(=O)O)CO2. The number of anilines is 1. The van der Waals surface area contributed by atoms with Crippen molar-refractivity contribution in [2.45, 2.75) is 19.4 Å². The van der Waals surface area contributed by atoms with Crippen LogP contribution in [0, 0.1) is 0 Å². The molecule has 0 aliphatic carbocycles. The van der Waals surface area contributed by atoms with Crippen LogP contribution in [0.5, 0.6) is 5.75 Å². The van der Waals surface area contributed by atoms with Crippen molar-refractivity contribution in [3.63, 3.8) is 0 Å². The zero-order valence-electron chi connectivity index (χ0n) is 10.3. The van der Waals surface area contributed by atoms with Crippen molar-refractivity contribution in [1.82, 2.24) is 0 Å². The van der Waals surface area contributed by atoms with Crippen LogP contribution in [0.1, 0.15) is 23.7 Å². The Balaban J connectivity index is 2.31. The van der Waals surface area contributed by atoms with E-state index >= 15 is 0 Å². The van der Waals surface area contributed by atoms with Crippen molar-refractivity contribution in [1.29, 1.82) is 0 Å². The van der Waals surface area contributed by atoms with E-state index in [1.165, 1.54) is 6.92 Å². The van der Waals surface area contributed by atoms with E-state index in [2.05, 4.69) is 0 Å². The van der Waals surface area contributed by atoms with Crippen LogP contribution in [-0.2, 0) is 4.79 Å². The van der Waals surface area contributed by atoms with Crippen molar-refractivity contribution >= 4 is 17.4 Å². The first-order chi connectivity index (χ1) is 8.49. The van der Waals surface area contributed by atoms with Gasteiger partial charge < -0.3 is 14.7 Å². The van der Waals surface area contributed by atoms with E-state index in [0.29, 0.717) is 17.9 Å². The summed E-state index contributed by atoms with van der Waals surface area (Å²) in [5.41, 5.74) is 1.36. The van der Waals surface area contributed by atoms with Crippen LogP contribution in [0.4, 0.5) is 5.69 Å². The first kappa shape index (κ1) is 12.4. The molecule has 1 unspecified atom stereocenters. The van der Waals surface area contributed by atoms with Crippen molar-refractivity contribution in [3.05, 3.63) is 23.8 Å².